The van der Waals surface area contributed by atoms with Crippen LogP contribution in [0.4, 0.5) is 26.3 Å². The van der Waals surface area contributed by atoms with Crippen molar-refractivity contribution in [2.24, 2.45) is 0 Å². The number of ether oxygens (including phenoxy) is 2. The molecule has 11 heteroatoms. The summed E-state index contributed by atoms with van der Waals surface area (Å²) in [4.78, 5) is 15.4. The number of nitrogens with zero attached hydrogens (tertiary/aromatic N) is 1. The molecule has 0 aliphatic heterocycles. The Morgan fingerprint density at radius 2 is 1.19 bits per heavy atom. The van der Waals surface area contributed by atoms with Gasteiger partial charge in [-0.25, -0.2) is 4.98 Å². The molecule has 0 atom stereocenters. The number of para-hydroxylation sites is 2. The lowest BCUT2D eigenvalue weighted by Crippen LogP contribution is -2.18. The van der Waals surface area contributed by atoms with Gasteiger partial charge in [-0.05, 0) is 42.0 Å². The Bertz CT molecular complexity index is 1050. The summed E-state index contributed by atoms with van der Waals surface area (Å²) in [5.74, 6) is -2.47. The van der Waals surface area contributed by atoms with Crippen molar-refractivity contribution in [2.45, 2.75) is 19.1 Å². The van der Waals surface area contributed by atoms with Gasteiger partial charge in [0.15, 0.2) is 0 Å². The third-order valence-corrected chi connectivity index (χ3v) is 4.02. The molecule has 0 fully saturated rings. The van der Waals surface area contributed by atoms with Gasteiger partial charge in [-0.15, -0.1) is 26.3 Å². The normalized spacial score (nSPS) is 11.8. The standard InChI is InChI=1S/C21H13F6NO4/c22-20(23,24)31-17-7-3-1-5-13(17)15-9-12(11-19(29)30)10-16(28-15)14-6-2-4-8-18(14)32-21(25,26)27/h1-10H,11H2,(H,29,30). The minimum absolute atomic E-state index is 0.0983. The van der Waals surface area contributed by atoms with Crippen molar-refractivity contribution >= 4 is 5.97 Å². The lowest BCUT2D eigenvalue weighted by molar-refractivity contribution is -0.275. The fourth-order valence-electron chi connectivity index (χ4n) is 2.92. The Balaban J connectivity index is 2.19. The first-order valence-electron chi connectivity index (χ1n) is 8.84. The summed E-state index contributed by atoms with van der Waals surface area (Å²) < 4.78 is 84.8. The Kier molecular flexibility index (Phi) is 6.28. The van der Waals surface area contributed by atoms with Crippen LogP contribution in [-0.4, -0.2) is 28.8 Å². The predicted molar refractivity (Wildman–Crippen MR) is 99.8 cm³/mol. The molecule has 0 radical (unpaired) electrons. The van der Waals surface area contributed by atoms with Gasteiger partial charge in [-0.2, -0.15) is 0 Å². The van der Waals surface area contributed by atoms with Crippen molar-refractivity contribution in [3.05, 3.63) is 66.2 Å². The van der Waals surface area contributed by atoms with Crippen molar-refractivity contribution in [3.63, 3.8) is 0 Å². The number of aliphatic carboxylic acids is 1. The van der Waals surface area contributed by atoms with Gasteiger partial charge in [-0.3, -0.25) is 4.79 Å². The molecule has 32 heavy (non-hydrogen) atoms. The number of benzene rings is 2. The number of carboxylic acids is 1. The molecule has 0 amide bonds. The Hall–Kier alpha value is -3.76. The number of carbonyl (C=O) groups is 1. The summed E-state index contributed by atoms with van der Waals surface area (Å²) in [6.45, 7) is 0. The molecule has 1 heterocycles. The number of alkyl halides is 6. The molecule has 2 aromatic carbocycles. The second kappa shape index (κ2) is 8.77. The minimum atomic E-state index is -5.01. The molecular formula is C21H13F6NO4. The van der Waals surface area contributed by atoms with E-state index in [0.717, 1.165) is 12.1 Å². The Morgan fingerprint density at radius 3 is 1.56 bits per heavy atom. The molecule has 1 aromatic heterocycles. The van der Waals surface area contributed by atoms with Crippen molar-refractivity contribution in [2.75, 3.05) is 0 Å². The molecule has 5 nitrogen and oxygen atoms in total. The maximum Gasteiger partial charge on any atom is 0.573 e. The first-order chi connectivity index (χ1) is 14.9. The van der Waals surface area contributed by atoms with Crippen LogP contribution in [0.1, 0.15) is 5.56 Å². The predicted octanol–water partition coefficient (Wildman–Crippen LogP) is 5.84. The van der Waals surface area contributed by atoms with E-state index in [9.17, 15) is 31.1 Å². The molecular weight excluding hydrogens is 444 g/mol. The lowest BCUT2D eigenvalue weighted by atomic mass is 10.0. The molecule has 0 saturated heterocycles. The van der Waals surface area contributed by atoms with Crippen LogP contribution in [0.3, 0.4) is 0 Å². The molecule has 0 unspecified atom stereocenters. The third kappa shape index (κ3) is 6.13. The smallest absolute Gasteiger partial charge is 0.481 e. The maximum atomic E-state index is 12.8. The number of hydrogen-bond donors (Lipinski definition) is 1. The number of aromatic nitrogens is 1. The molecule has 0 saturated carbocycles. The van der Waals surface area contributed by atoms with Crippen LogP contribution >= 0.6 is 0 Å². The molecule has 168 valence electrons. The second-order valence-corrected chi connectivity index (χ2v) is 6.40. The first-order valence-corrected chi connectivity index (χ1v) is 8.84. The average Bonchev–Trinajstić information content (AvgIpc) is 2.65. The molecule has 0 aliphatic carbocycles. The van der Waals surface area contributed by atoms with E-state index in [4.69, 9.17) is 5.11 Å². The minimum Gasteiger partial charge on any atom is -0.481 e. The molecule has 0 bridgehead atoms. The molecule has 1 N–H and O–H groups in total. The summed E-state index contributed by atoms with van der Waals surface area (Å²) in [5, 5.41) is 9.14. The number of pyridine rings is 1. The van der Waals surface area contributed by atoms with Crippen LogP contribution in [0.25, 0.3) is 22.5 Å². The van der Waals surface area contributed by atoms with Crippen LogP contribution in [0.2, 0.25) is 0 Å². The van der Waals surface area contributed by atoms with E-state index in [-0.39, 0.29) is 28.1 Å². The third-order valence-electron chi connectivity index (χ3n) is 4.02. The van der Waals surface area contributed by atoms with Gasteiger partial charge in [-0.1, -0.05) is 24.3 Å². The van der Waals surface area contributed by atoms with Gasteiger partial charge >= 0.3 is 18.7 Å². The van der Waals surface area contributed by atoms with Crippen LogP contribution in [-0.2, 0) is 11.2 Å². The van der Waals surface area contributed by atoms with Crippen molar-refractivity contribution in [3.8, 4) is 34.0 Å². The van der Waals surface area contributed by atoms with Gasteiger partial charge in [0.2, 0.25) is 0 Å². The zero-order valence-corrected chi connectivity index (χ0v) is 15.9. The topological polar surface area (TPSA) is 68.7 Å². The maximum absolute atomic E-state index is 12.8. The SMILES string of the molecule is O=C(O)Cc1cc(-c2ccccc2OC(F)(F)F)nc(-c2ccccc2OC(F)(F)F)c1. The Morgan fingerprint density at radius 1 is 0.781 bits per heavy atom. The largest absolute Gasteiger partial charge is 0.573 e. The van der Waals surface area contributed by atoms with Gasteiger partial charge < -0.3 is 14.6 Å². The quantitative estimate of drug-likeness (QED) is 0.471. The van der Waals surface area contributed by atoms with Gasteiger partial charge in [0.25, 0.3) is 0 Å². The fraction of sp³-hybridized carbons (Fsp3) is 0.143. The second-order valence-electron chi connectivity index (χ2n) is 6.40. The van der Waals surface area contributed by atoms with Crippen molar-refractivity contribution in [1.29, 1.82) is 0 Å². The molecule has 3 aromatic rings. The van der Waals surface area contributed by atoms with E-state index in [1.54, 1.807) is 0 Å². The first kappa shape index (κ1) is 22.9. The summed E-state index contributed by atoms with van der Waals surface area (Å²) in [6.07, 6.45) is -10.6. The summed E-state index contributed by atoms with van der Waals surface area (Å²) in [7, 11) is 0. The van der Waals surface area contributed by atoms with Crippen LogP contribution in [0, 0.1) is 0 Å². The van der Waals surface area contributed by atoms with Gasteiger partial charge in [0, 0.05) is 11.1 Å². The van der Waals surface area contributed by atoms with E-state index in [0.29, 0.717) is 0 Å². The van der Waals surface area contributed by atoms with Gasteiger partial charge in [0.1, 0.15) is 11.5 Å². The van der Waals surface area contributed by atoms with Gasteiger partial charge in [0.05, 0.1) is 17.8 Å². The summed E-state index contributed by atoms with van der Waals surface area (Å²) in [6, 6.07) is 12.4. The number of halogens is 6. The van der Waals surface area contributed by atoms with Crippen LogP contribution in [0.15, 0.2) is 60.7 Å². The number of rotatable bonds is 6. The molecule has 0 aliphatic rings. The fourth-order valence-corrected chi connectivity index (χ4v) is 2.92. The van der Waals surface area contributed by atoms with E-state index >= 15 is 0 Å². The highest BCUT2D eigenvalue weighted by Crippen LogP contribution is 2.37. The lowest BCUT2D eigenvalue weighted by Gasteiger charge is -2.16. The number of hydrogen-bond acceptors (Lipinski definition) is 4. The highest BCUT2D eigenvalue weighted by Gasteiger charge is 2.33. The molecule has 3 rings (SSSR count). The van der Waals surface area contributed by atoms with Crippen LogP contribution in [0.5, 0.6) is 11.5 Å². The van der Waals surface area contributed by atoms with E-state index < -0.39 is 36.6 Å². The Labute approximate surface area is 176 Å². The number of carboxylic acid groups (broad SMARTS) is 1. The molecule has 0 spiro atoms. The summed E-state index contributed by atoms with van der Waals surface area (Å²) in [5.41, 5.74) is -0.415. The van der Waals surface area contributed by atoms with Crippen LogP contribution < -0.4 is 9.47 Å². The summed E-state index contributed by atoms with van der Waals surface area (Å²) >= 11 is 0. The van der Waals surface area contributed by atoms with Crippen molar-refractivity contribution < 1.29 is 45.7 Å². The van der Waals surface area contributed by atoms with E-state index in [1.807, 2.05) is 0 Å². The highest BCUT2D eigenvalue weighted by molar-refractivity contribution is 5.77. The highest BCUT2D eigenvalue weighted by atomic mass is 19.4. The zero-order valence-electron chi connectivity index (χ0n) is 15.9. The monoisotopic (exact) mass is 457 g/mol. The van der Waals surface area contributed by atoms with E-state index in [1.165, 1.54) is 48.5 Å². The van der Waals surface area contributed by atoms with E-state index in [2.05, 4.69) is 14.5 Å². The van der Waals surface area contributed by atoms with Crippen molar-refractivity contribution in [1.82, 2.24) is 4.98 Å². The zero-order chi connectivity index (χ0) is 23.5. The average molecular weight is 457 g/mol.